The Kier molecular flexibility index (Phi) is 3.07. The average molecular weight is 255 g/mol. The lowest BCUT2D eigenvalue weighted by atomic mass is 10.1. The smallest absolute Gasteiger partial charge is 0.257 e. The van der Waals surface area contributed by atoms with E-state index in [1.165, 1.54) is 11.1 Å². The molecule has 1 heterocycles. The molecule has 0 amide bonds. The summed E-state index contributed by atoms with van der Waals surface area (Å²) in [6.07, 6.45) is 0. The lowest BCUT2D eigenvalue weighted by Gasteiger charge is -2.02. The molecule has 90 valence electrons. The summed E-state index contributed by atoms with van der Waals surface area (Å²) in [7, 11) is 0. The first-order chi connectivity index (χ1) is 8.83. The molecule has 0 atom stereocenters. The van der Waals surface area contributed by atoms with Crippen molar-refractivity contribution < 1.29 is 4.42 Å². The SMILES string of the molecule is Cc1ccccc1CSc1nc2ccccc2o1. The molecule has 2 aromatic carbocycles. The van der Waals surface area contributed by atoms with Crippen molar-refractivity contribution in [3.63, 3.8) is 0 Å². The largest absolute Gasteiger partial charge is 0.431 e. The first-order valence-electron chi connectivity index (χ1n) is 5.86. The quantitative estimate of drug-likeness (QED) is 0.648. The molecule has 0 unspecified atom stereocenters. The molecule has 0 saturated heterocycles. The molecular weight excluding hydrogens is 242 g/mol. The number of hydrogen-bond donors (Lipinski definition) is 0. The lowest BCUT2D eigenvalue weighted by molar-refractivity contribution is 0.489. The molecule has 18 heavy (non-hydrogen) atoms. The van der Waals surface area contributed by atoms with Crippen molar-refractivity contribution in [1.29, 1.82) is 0 Å². The van der Waals surface area contributed by atoms with Crippen molar-refractivity contribution >= 4 is 22.9 Å². The third-order valence-corrected chi connectivity index (χ3v) is 3.76. The van der Waals surface area contributed by atoms with E-state index in [4.69, 9.17) is 4.42 Å². The monoisotopic (exact) mass is 255 g/mol. The van der Waals surface area contributed by atoms with E-state index in [1.54, 1.807) is 11.8 Å². The van der Waals surface area contributed by atoms with Gasteiger partial charge in [-0.25, -0.2) is 4.98 Å². The van der Waals surface area contributed by atoms with Crippen LogP contribution in [0.1, 0.15) is 11.1 Å². The predicted octanol–water partition coefficient (Wildman–Crippen LogP) is 4.43. The number of hydrogen-bond acceptors (Lipinski definition) is 3. The van der Waals surface area contributed by atoms with Gasteiger partial charge in [0.25, 0.3) is 5.22 Å². The fourth-order valence-electron chi connectivity index (χ4n) is 1.82. The number of para-hydroxylation sites is 2. The molecular formula is C15H13NOS. The van der Waals surface area contributed by atoms with Gasteiger partial charge in [-0.1, -0.05) is 48.2 Å². The first-order valence-corrected chi connectivity index (χ1v) is 6.84. The number of benzene rings is 2. The molecule has 3 aromatic rings. The van der Waals surface area contributed by atoms with Crippen molar-refractivity contribution in [3.8, 4) is 0 Å². The fraction of sp³-hybridized carbons (Fsp3) is 0.133. The minimum atomic E-state index is 0.736. The molecule has 0 radical (unpaired) electrons. The molecule has 0 aliphatic carbocycles. The Labute approximate surface area is 110 Å². The van der Waals surface area contributed by atoms with E-state index in [0.717, 1.165) is 22.1 Å². The van der Waals surface area contributed by atoms with Gasteiger partial charge in [-0.15, -0.1) is 0 Å². The maximum atomic E-state index is 5.68. The van der Waals surface area contributed by atoms with Gasteiger partial charge >= 0.3 is 0 Å². The molecule has 0 fully saturated rings. The van der Waals surface area contributed by atoms with Gasteiger partial charge in [-0.05, 0) is 30.2 Å². The summed E-state index contributed by atoms with van der Waals surface area (Å²) in [4.78, 5) is 4.45. The Hall–Kier alpha value is -1.74. The molecule has 0 bridgehead atoms. The van der Waals surface area contributed by atoms with E-state index < -0.39 is 0 Å². The molecule has 0 N–H and O–H groups in total. The maximum Gasteiger partial charge on any atom is 0.257 e. The van der Waals surface area contributed by atoms with E-state index in [9.17, 15) is 0 Å². The molecule has 2 nitrogen and oxygen atoms in total. The van der Waals surface area contributed by atoms with Crippen LogP contribution in [0.5, 0.6) is 0 Å². The van der Waals surface area contributed by atoms with Crippen molar-refractivity contribution in [2.45, 2.75) is 17.9 Å². The highest BCUT2D eigenvalue weighted by Gasteiger charge is 2.06. The Morgan fingerprint density at radius 2 is 1.83 bits per heavy atom. The van der Waals surface area contributed by atoms with Crippen LogP contribution < -0.4 is 0 Å². The third kappa shape index (κ3) is 2.27. The molecule has 0 aliphatic heterocycles. The second-order valence-corrected chi connectivity index (χ2v) is 5.09. The summed E-state index contributed by atoms with van der Waals surface area (Å²) in [5, 5.41) is 0.736. The predicted molar refractivity (Wildman–Crippen MR) is 74.7 cm³/mol. The molecule has 0 aliphatic rings. The van der Waals surface area contributed by atoms with E-state index in [2.05, 4.69) is 36.2 Å². The van der Waals surface area contributed by atoms with Crippen LogP contribution in [-0.4, -0.2) is 4.98 Å². The molecule has 0 spiro atoms. The van der Waals surface area contributed by atoms with Crippen LogP contribution in [0.2, 0.25) is 0 Å². The van der Waals surface area contributed by atoms with Crippen molar-refractivity contribution in [1.82, 2.24) is 4.98 Å². The Morgan fingerprint density at radius 1 is 1.06 bits per heavy atom. The highest BCUT2D eigenvalue weighted by Crippen LogP contribution is 2.26. The van der Waals surface area contributed by atoms with Gasteiger partial charge in [0, 0.05) is 5.75 Å². The van der Waals surface area contributed by atoms with Crippen LogP contribution in [0.3, 0.4) is 0 Å². The maximum absolute atomic E-state index is 5.68. The molecule has 3 rings (SSSR count). The van der Waals surface area contributed by atoms with Crippen LogP contribution >= 0.6 is 11.8 Å². The van der Waals surface area contributed by atoms with Gasteiger partial charge in [0.05, 0.1) is 0 Å². The number of aromatic nitrogens is 1. The van der Waals surface area contributed by atoms with Crippen molar-refractivity contribution in [2.24, 2.45) is 0 Å². The molecule has 0 saturated carbocycles. The Bertz CT molecular complexity index is 642. The number of oxazole rings is 1. The van der Waals surface area contributed by atoms with E-state index in [-0.39, 0.29) is 0 Å². The number of fused-ring (bicyclic) bond motifs is 1. The van der Waals surface area contributed by atoms with E-state index in [0.29, 0.717) is 0 Å². The van der Waals surface area contributed by atoms with Crippen LogP contribution in [-0.2, 0) is 5.75 Å². The summed E-state index contributed by atoms with van der Waals surface area (Å²) < 4.78 is 5.68. The zero-order chi connectivity index (χ0) is 12.4. The van der Waals surface area contributed by atoms with Gasteiger partial charge in [0.1, 0.15) is 5.52 Å². The normalized spacial score (nSPS) is 10.9. The van der Waals surface area contributed by atoms with Crippen molar-refractivity contribution in [2.75, 3.05) is 0 Å². The second kappa shape index (κ2) is 4.86. The highest BCUT2D eigenvalue weighted by atomic mass is 32.2. The van der Waals surface area contributed by atoms with Gasteiger partial charge in [0.15, 0.2) is 5.58 Å². The Morgan fingerprint density at radius 3 is 2.67 bits per heavy atom. The summed E-state index contributed by atoms with van der Waals surface area (Å²) in [5.74, 6) is 0.888. The standard InChI is InChI=1S/C15H13NOS/c1-11-6-2-3-7-12(11)10-18-15-16-13-8-4-5-9-14(13)17-15/h2-9H,10H2,1H3. The Balaban J connectivity index is 1.79. The zero-order valence-electron chi connectivity index (χ0n) is 10.1. The fourth-order valence-corrected chi connectivity index (χ4v) is 2.74. The van der Waals surface area contributed by atoms with Crippen LogP contribution in [0.4, 0.5) is 0 Å². The van der Waals surface area contributed by atoms with Gasteiger partial charge in [0.2, 0.25) is 0 Å². The number of aryl methyl sites for hydroxylation is 1. The zero-order valence-corrected chi connectivity index (χ0v) is 10.9. The summed E-state index contributed by atoms with van der Waals surface area (Å²) in [5.41, 5.74) is 4.40. The summed E-state index contributed by atoms with van der Waals surface area (Å²) in [6, 6.07) is 16.2. The molecule has 1 aromatic heterocycles. The minimum absolute atomic E-state index is 0.736. The number of thioether (sulfide) groups is 1. The lowest BCUT2D eigenvalue weighted by Crippen LogP contribution is -1.84. The number of rotatable bonds is 3. The van der Waals surface area contributed by atoms with Crippen molar-refractivity contribution in [3.05, 3.63) is 59.7 Å². The van der Waals surface area contributed by atoms with Gasteiger partial charge in [-0.3, -0.25) is 0 Å². The molecule has 3 heteroatoms. The highest BCUT2D eigenvalue weighted by molar-refractivity contribution is 7.98. The summed E-state index contributed by atoms with van der Waals surface area (Å²) in [6.45, 7) is 2.13. The second-order valence-electron chi connectivity index (χ2n) is 4.16. The van der Waals surface area contributed by atoms with Gasteiger partial charge < -0.3 is 4.42 Å². The first kappa shape index (κ1) is 11.4. The summed E-state index contributed by atoms with van der Waals surface area (Å²) >= 11 is 1.64. The average Bonchev–Trinajstić information content (AvgIpc) is 2.80. The third-order valence-electron chi connectivity index (χ3n) is 2.89. The topological polar surface area (TPSA) is 26.0 Å². The van der Waals surface area contributed by atoms with Gasteiger partial charge in [-0.2, -0.15) is 0 Å². The minimum Gasteiger partial charge on any atom is -0.431 e. The van der Waals surface area contributed by atoms with Crippen LogP contribution in [0, 0.1) is 6.92 Å². The van der Waals surface area contributed by atoms with E-state index in [1.807, 2.05) is 24.3 Å². The van der Waals surface area contributed by atoms with Crippen LogP contribution in [0.25, 0.3) is 11.1 Å². The number of nitrogens with zero attached hydrogens (tertiary/aromatic N) is 1. The van der Waals surface area contributed by atoms with E-state index >= 15 is 0 Å². The van der Waals surface area contributed by atoms with Crippen LogP contribution in [0.15, 0.2) is 58.2 Å².